The van der Waals surface area contributed by atoms with E-state index in [1.54, 1.807) is 33.1 Å². The average Bonchev–Trinajstić information content (AvgIpc) is 3.12. The van der Waals surface area contributed by atoms with Gasteiger partial charge in [-0.3, -0.25) is 4.79 Å². The van der Waals surface area contributed by atoms with Crippen molar-refractivity contribution in [3.63, 3.8) is 0 Å². The SMILES string of the molecule is CO[Si](CCCC(=O)CC(O)CNc1nnc(SCCCN)s1)(OC)OC. The first-order valence-corrected chi connectivity index (χ1v) is 12.5. The van der Waals surface area contributed by atoms with Crippen LogP contribution >= 0.6 is 23.1 Å². The summed E-state index contributed by atoms with van der Waals surface area (Å²) in [6.07, 6.45) is 1.19. The minimum absolute atomic E-state index is 0.00852. The Kier molecular flexibility index (Phi) is 12.3. The third-order valence-corrected chi connectivity index (χ3v) is 8.74. The lowest BCUT2D eigenvalue weighted by molar-refractivity contribution is -0.120. The van der Waals surface area contributed by atoms with Crippen LogP contribution in [0.15, 0.2) is 4.34 Å². The number of rotatable bonds is 16. The Balaban J connectivity index is 2.25. The number of ketones is 1. The molecule has 27 heavy (non-hydrogen) atoms. The number of anilines is 1. The van der Waals surface area contributed by atoms with Gasteiger partial charge in [-0.05, 0) is 19.4 Å². The molecule has 156 valence electrons. The first-order chi connectivity index (χ1) is 13.0. The van der Waals surface area contributed by atoms with Gasteiger partial charge in [-0.25, -0.2) is 0 Å². The highest BCUT2D eigenvalue weighted by molar-refractivity contribution is 8.01. The lowest BCUT2D eigenvalue weighted by Gasteiger charge is -2.24. The maximum Gasteiger partial charge on any atom is 0.500 e. The second kappa shape index (κ2) is 13.6. The van der Waals surface area contributed by atoms with E-state index in [4.69, 9.17) is 19.0 Å². The maximum atomic E-state index is 12.0. The van der Waals surface area contributed by atoms with Crippen LogP contribution < -0.4 is 11.1 Å². The second-order valence-corrected chi connectivity index (χ2v) is 11.2. The van der Waals surface area contributed by atoms with Crippen molar-refractivity contribution in [2.24, 2.45) is 5.73 Å². The molecule has 0 saturated heterocycles. The molecular formula is C15H30N4O5S2Si. The van der Waals surface area contributed by atoms with Gasteiger partial charge >= 0.3 is 8.80 Å². The van der Waals surface area contributed by atoms with Crippen molar-refractivity contribution in [3.8, 4) is 0 Å². The van der Waals surface area contributed by atoms with Crippen molar-refractivity contribution < 1.29 is 23.2 Å². The monoisotopic (exact) mass is 438 g/mol. The summed E-state index contributed by atoms with van der Waals surface area (Å²) in [6, 6.07) is 0.561. The predicted octanol–water partition coefficient (Wildman–Crippen LogP) is 1.37. The Morgan fingerprint density at radius 1 is 1.30 bits per heavy atom. The fourth-order valence-corrected chi connectivity index (χ4v) is 5.80. The van der Waals surface area contributed by atoms with Crippen molar-refractivity contribution in [2.45, 2.75) is 42.2 Å². The van der Waals surface area contributed by atoms with E-state index in [-0.39, 0.29) is 18.7 Å². The van der Waals surface area contributed by atoms with Crippen LogP contribution in [-0.2, 0) is 18.1 Å². The Labute approximate surface area is 169 Å². The van der Waals surface area contributed by atoms with Crippen LogP contribution in [0, 0.1) is 0 Å². The molecule has 0 amide bonds. The van der Waals surface area contributed by atoms with E-state index >= 15 is 0 Å². The number of carbonyl (C=O) groups excluding carboxylic acids is 1. The van der Waals surface area contributed by atoms with Crippen LogP contribution in [0.25, 0.3) is 0 Å². The normalized spacial score (nSPS) is 12.9. The van der Waals surface area contributed by atoms with E-state index in [0.29, 0.717) is 30.6 Å². The smallest absolute Gasteiger partial charge is 0.391 e. The van der Waals surface area contributed by atoms with Crippen LogP contribution in [0.4, 0.5) is 5.13 Å². The molecule has 4 N–H and O–H groups in total. The molecule has 0 aliphatic heterocycles. The number of nitrogens with zero attached hydrogens (tertiary/aromatic N) is 2. The Morgan fingerprint density at radius 2 is 2.00 bits per heavy atom. The highest BCUT2D eigenvalue weighted by atomic mass is 32.2. The van der Waals surface area contributed by atoms with Crippen molar-refractivity contribution >= 4 is 42.8 Å². The zero-order valence-corrected chi connectivity index (χ0v) is 18.7. The van der Waals surface area contributed by atoms with Gasteiger partial charge < -0.3 is 29.4 Å². The molecule has 0 aromatic carbocycles. The van der Waals surface area contributed by atoms with Crippen molar-refractivity contribution in [2.75, 3.05) is 45.5 Å². The molecule has 0 spiro atoms. The van der Waals surface area contributed by atoms with Gasteiger partial charge in [0, 0.05) is 52.5 Å². The van der Waals surface area contributed by atoms with Crippen molar-refractivity contribution in [3.05, 3.63) is 0 Å². The number of nitrogens with one attached hydrogen (secondary N) is 1. The summed E-state index contributed by atoms with van der Waals surface area (Å²) in [6.45, 7) is 0.906. The van der Waals surface area contributed by atoms with E-state index in [2.05, 4.69) is 15.5 Å². The number of carbonyl (C=O) groups is 1. The van der Waals surface area contributed by atoms with E-state index < -0.39 is 14.9 Å². The summed E-state index contributed by atoms with van der Waals surface area (Å²) in [5.74, 6) is 0.896. The van der Waals surface area contributed by atoms with Crippen LogP contribution in [0.3, 0.4) is 0 Å². The van der Waals surface area contributed by atoms with Gasteiger partial charge in [0.2, 0.25) is 5.13 Å². The molecule has 0 bridgehead atoms. The topological polar surface area (TPSA) is 129 Å². The van der Waals surface area contributed by atoms with Gasteiger partial charge in [-0.2, -0.15) is 0 Å². The number of aliphatic hydroxyl groups excluding tert-OH is 1. The van der Waals surface area contributed by atoms with Gasteiger partial charge in [0.25, 0.3) is 0 Å². The molecular weight excluding hydrogens is 408 g/mol. The highest BCUT2D eigenvalue weighted by Crippen LogP contribution is 2.25. The number of aromatic nitrogens is 2. The summed E-state index contributed by atoms with van der Waals surface area (Å²) >= 11 is 3.03. The number of aliphatic hydroxyl groups is 1. The number of nitrogens with two attached hydrogens (primary N) is 1. The van der Waals surface area contributed by atoms with Crippen LogP contribution in [0.5, 0.6) is 0 Å². The van der Waals surface area contributed by atoms with Gasteiger partial charge in [0.15, 0.2) is 4.34 Å². The summed E-state index contributed by atoms with van der Waals surface area (Å²) in [5, 5.41) is 21.8. The quantitative estimate of drug-likeness (QED) is 0.198. The maximum absolute atomic E-state index is 12.0. The Morgan fingerprint density at radius 3 is 2.63 bits per heavy atom. The molecule has 1 rings (SSSR count). The molecule has 0 aliphatic carbocycles. The predicted molar refractivity (Wildman–Crippen MR) is 109 cm³/mol. The highest BCUT2D eigenvalue weighted by Gasteiger charge is 2.37. The number of hydrogen-bond donors (Lipinski definition) is 3. The second-order valence-electron chi connectivity index (χ2n) is 5.79. The Hall–Kier alpha value is -0.603. The third-order valence-electron chi connectivity index (χ3n) is 3.80. The molecule has 0 aliphatic rings. The molecule has 1 unspecified atom stereocenters. The molecule has 0 radical (unpaired) electrons. The molecule has 0 saturated carbocycles. The number of hydrogen-bond acceptors (Lipinski definition) is 11. The van der Waals surface area contributed by atoms with Gasteiger partial charge in [-0.15, -0.1) is 10.2 Å². The van der Waals surface area contributed by atoms with Crippen LogP contribution in [0.1, 0.15) is 25.7 Å². The van der Waals surface area contributed by atoms with Crippen molar-refractivity contribution in [1.29, 1.82) is 0 Å². The fourth-order valence-electron chi connectivity index (χ4n) is 2.28. The summed E-state index contributed by atoms with van der Waals surface area (Å²) < 4.78 is 16.8. The number of thioether (sulfide) groups is 1. The molecule has 1 aromatic rings. The standard InChI is InChI=1S/C15H30N4O5S2Si/c1-22-27(23-2,24-3)9-4-6-12(20)10-13(21)11-17-14-18-19-15(26-14)25-8-5-7-16/h13,21H,4-11,16H2,1-3H3,(H,17,18). The minimum atomic E-state index is -2.64. The van der Waals surface area contributed by atoms with Crippen LogP contribution in [0.2, 0.25) is 6.04 Å². The molecule has 0 fully saturated rings. The largest absolute Gasteiger partial charge is 0.500 e. The van der Waals surface area contributed by atoms with Crippen molar-refractivity contribution in [1.82, 2.24) is 10.2 Å². The van der Waals surface area contributed by atoms with E-state index in [1.165, 1.54) is 11.3 Å². The zero-order valence-electron chi connectivity index (χ0n) is 16.1. The summed E-state index contributed by atoms with van der Waals surface area (Å²) in [7, 11) is 2.00. The van der Waals surface area contributed by atoms with Gasteiger partial charge in [0.1, 0.15) is 5.78 Å². The molecule has 1 heterocycles. The fraction of sp³-hybridized carbons (Fsp3) is 0.800. The molecule has 9 nitrogen and oxygen atoms in total. The summed E-state index contributed by atoms with van der Waals surface area (Å²) in [5.41, 5.74) is 5.46. The van der Waals surface area contributed by atoms with E-state index in [9.17, 15) is 9.90 Å². The minimum Gasteiger partial charge on any atom is -0.391 e. The lowest BCUT2D eigenvalue weighted by Crippen LogP contribution is -2.42. The summed E-state index contributed by atoms with van der Waals surface area (Å²) in [4.78, 5) is 12.0. The average molecular weight is 439 g/mol. The van der Waals surface area contributed by atoms with Crippen LogP contribution in [-0.4, -0.2) is 76.2 Å². The van der Waals surface area contributed by atoms with Gasteiger partial charge in [0.05, 0.1) is 6.10 Å². The molecule has 1 atom stereocenters. The first-order valence-electron chi connectivity index (χ1n) is 8.74. The van der Waals surface area contributed by atoms with E-state index in [0.717, 1.165) is 16.5 Å². The van der Waals surface area contributed by atoms with Gasteiger partial charge in [-0.1, -0.05) is 23.1 Å². The third kappa shape index (κ3) is 9.43. The first kappa shape index (κ1) is 24.4. The molecule has 1 aromatic heterocycles. The number of Topliss-reactive ketones (excluding diaryl/α,β-unsaturated/α-hetero) is 1. The lowest BCUT2D eigenvalue weighted by atomic mass is 10.1. The van der Waals surface area contributed by atoms with E-state index in [1.807, 2.05) is 0 Å². The Bertz CT molecular complexity index is 540. The molecule has 12 heteroatoms. The zero-order chi connectivity index (χ0) is 20.1.